The Hall–Kier alpha value is -1.84. The molecule has 2 aromatic rings. The molecule has 2 heterocycles. The van der Waals surface area contributed by atoms with Gasteiger partial charge in [-0.05, 0) is 30.9 Å². The molecule has 1 unspecified atom stereocenters. The van der Waals surface area contributed by atoms with E-state index in [2.05, 4.69) is 11.9 Å². The van der Waals surface area contributed by atoms with Gasteiger partial charge in [-0.15, -0.1) is 0 Å². The summed E-state index contributed by atoms with van der Waals surface area (Å²) in [6.07, 6.45) is 2.21. The lowest BCUT2D eigenvalue weighted by atomic mass is 10.00. The molecular formula is C15H17FN2O. The molecule has 0 saturated carbocycles. The molecule has 1 aromatic carbocycles. The number of amides is 1. The number of benzene rings is 1. The van der Waals surface area contributed by atoms with Gasteiger partial charge in [0.15, 0.2) is 0 Å². The van der Waals surface area contributed by atoms with Gasteiger partial charge in [0.05, 0.1) is 5.52 Å². The summed E-state index contributed by atoms with van der Waals surface area (Å²) >= 11 is 0. The standard InChI is InChI=1S/C15H17FN2O/c1-10-4-3-7-18(9-10)15(19)13-8-11-5-2-6-12(16)14(11)17-13/h2,5-6,8,10,17H,3-4,7,9H2,1H3. The van der Waals surface area contributed by atoms with E-state index < -0.39 is 0 Å². The second-order valence-electron chi connectivity index (χ2n) is 5.39. The van der Waals surface area contributed by atoms with Crippen LogP contribution >= 0.6 is 0 Å². The van der Waals surface area contributed by atoms with Gasteiger partial charge in [0.2, 0.25) is 0 Å². The molecule has 1 aliphatic rings. The first kappa shape index (κ1) is 12.2. The lowest BCUT2D eigenvalue weighted by Gasteiger charge is -2.30. The number of aromatic amines is 1. The number of H-pyrrole nitrogens is 1. The highest BCUT2D eigenvalue weighted by Crippen LogP contribution is 2.22. The largest absolute Gasteiger partial charge is 0.348 e. The highest BCUT2D eigenvalue weighted by Gasteiger charge is 2.23. The summed E-state index contributed by atoms with van der Waals surface area (Å²) in [5.41, 5.74) is 0.894. The molecule has 1 aromatic heterocycles. The number of carbonyl (C=O) groups is 1. The molecule has 4 heteroatoms. The van der Waals surface area contributed by atoms with Crippen LogP contribution in [0.3, 0.4) is 0 Å². The molecule has 19 heavy (non-hydrogen) atoms. The molecule has 0 spiro atoms. The quantitative estimate of drug-likeness (QED) is 0.840. The molecule has 0 radical (unpaired) electrons. The summed E-state index contributed by atoms with van der Waals surface area (Å²) in [5, 5.41) is 0.744. The molecule has 1 N–H and O–H groups in total. The third kappa shape index (κ3) is 2.23. The fraction of sp³-hybridized carbons (Fsp3) is 0.400. The van der Waals surface area contributed by atoms with E-state index in [0.29, 0.717) is 17.1 Å². The zero-order valence-corrected chi connectivity index (χ0v) is 10.9. The summed E-state index contributed by atoms with van der Waals surface area (Å²) < 4.78 is 13.6. The van der Waals surface area contributed by atoms with E-state index in [1.165, 1.54) is 12.5 Å². The Labute approximate surface area is 111 Å². The Morgan fingerprint density at radius 3 is 3.05 bits per heavy atom. The van der Waals surface area contributed by atoms with Gasteiger partial charge in [0, 0.05) is 18.5 Å². The van der Waals surface area contributed by atoms with Crippen LogP contribution in [-0.4, -0.2) is 28.9 Å². The maximum absolute atomic E-state index is 13.6. The van der Waals surface area contributed by atoms with E-state index in [-0.39, 0.29) is 11.7 Å². The van der Waals surface area contributed by atoms with Crippen LogP contribution in [0, 0.1) is 11.7 Å². The highest BCUT2D eigenvalue weighted by molar-refractivity contribution is 5.98. The molecule has 0 bridgehead atoms. The van der Waals surface area contributed by atoms with Crippen LogP contribution in [0.4, 0.5) is 4.39 Å². The molecular weight excluding hydrogens is 243 g/mol. The van der Waals surface area contributed by atoms with Gasteiger partial charge >= 0.3 is 0 Å². The van der Waals surface area contributed by atoms with Gasteiger partial charge in [0.1, 0.15) is 11.5 Å². The Kier molecular flexibility index (Phi) is 3.01. The fourth-order valence-electron chi connectivity index (χ4n) is 2.78. The van der Waals surface area contributed by atoms with Crippen molar-refractivity contribution < 1.29 is 9.18 Å². The average molecular weight is 260 g/mol. The predicted octanol–water partition coefficient (Wildman–Crippen LogP) is 3.18. The van der Waals surface area contributed by atoms with E-state index in [4.69, 9.17) is 0 Å². The third-order valence-corrected chi connectivity index (χ3v) is 3.78. The predicted molar refractivity (Wildman–Crippen MR) is 72.6 cm³/mol. The van der Waals surface area contributed by atoms with Crippen molar-refractivity contribution >= 4 is 16.8 Å². The van der Waals surface area contributed by atoms with Crippen molar-refractivity contribution in [3.63, 3.8) is 0 Å². The van der Waals surface area contributed by atoms with E-state index in [1.54, 1.807) is 12.1 Å². The molecule has 1 saturated heterocycles. The van der Waals surface area contributed by atoms with Crippen molar-refractivity contribution in [3.8, 4) is 0 Å². The number of nitrogens with zero attached hydrogens (tertiary/aromatic N) is 1. The van der Waals surface area contributed by atoms with Crippen LogP contribution in [0.15, 0.2) is 24.3 Å². The summed E-state index contributed by atoms with van der Waals surface area (Å²) in [4.78, 5) is 17.2. The highest BCUT2D eigenvalue weighted by atomic mass is 19.1. The maximum atomic E-state index is 13.6. The number of para-hydroxylation sites is 1. The summed E-state index contributed by atoms with van der Waals surface area (Å²) in [6, 6.07) is 6.60. The maximum Gasteiger partial charge on any atom is 0.270 e. The molecule has 3 nitrogen and oxygen atoms in total. The zero-order valence-electron chi connectivity index (χ0n) is 10.9. The van der Waals surface area contributed by atoms with Gasteiger partial charge in [-0.1, -0.05) is 19.1 Å². The van der Waals surface area contributed by atoms with Crippen molar-refractivity contribution in [1.29, 1.82) is 0 Å². The SMILES string of the molecule is CC1CCCN(C(=O)c2cc3cccc(F)c3[nH]2)C1. The molecule has 1 aliphatic heterocycles. The Bertz CT molecular complexity index is 620. The second-order valence-corrected chi connectivity index (χ2v) is 5.39. The summed E-state index contributed by atoms with van der Waals surface area (Å²) in [6.45, 7) is 3.74. The first-order chi connectivity index (χ1) is 9.15. The van der Waals surface area contributed by atoms with E-state index in [9.17, 15) is 9.18 Å². The number of nitrogens with one attached hydrogen (secondary N) is 1. The Morgan fingerprint density at radius 2 is 2.32 bits per heavy atom. The Balaban J connectivity index is 1.91. The minimum atomic E-state index is -0.316. The van der Waals surface area contributed by atoms with E-state index >= 15 is 0 Å². The van der Waals surface area contributed by atoms with Crippen LogP contribution < -0.4 is 0 Å². The van der Waals surface area contributed by atoms with Gasteiger partial charge in [-0.2, -0.15) is 0 Å². The van der Waals surface area contributed by atoms with Gasteiger partial charge in [0.25, 0.3) is 5.91 Å². The van der Waals surface area contributed by atoms with Gasteiger partial charge in [-0.25, -0.2) is 4.39 Å². The van der Waals surface area contributed by atoms with Crippen molar-refractivity contribution in [1.82, 2.24) is 9.88 Å². The van der Waals surface area contributed by atoms with Crippen LogP contribution in [0.2, 0.25) is 0 Å². The third-order valence-electron chi connectivity index (χ3n) is 3.78. The number of likely N-dealkylation sites (tertiary alicyclic amines) is 1. The first-order valence-corrected chi connectivity index (χ1v) is 6.71. The van der Waals surface area contributed by atoms with Crippen LogP contribution in [0.25, 0.3) is 10.9 Å². The van der Waals surface area contributed by atoms with Crippen molar-refractivity contribution in [2.75, 3.05) is 13.1 Å². The Morgan fingerprint density at radius 1 is 1.47 bits per heavy atom. The number of hydrogen-bond acceptors (Lipinski definition) is 1. The molecule has 100 valence electrons. The molecule has 0 aliphatic carbocycles. The number of piperidine rings is 1. The fourth-order valence-corrected chi connectivity index (χ4v) is 2.78. The summed E-state index contributed by atoms with van der Waals surface area (Å²) in [5.74, 6) is 0.199. The number of halogens is 1. The minimum absolute atomic E-state index is 0.0258. The number of hydrogen-bond donors (Lipinski definition) is 1. The smallest absolute Gasteiger partial charge is 0.270 e. The molecule has 3 rings (SSSR count). The van der Waals surface area contributed by atoms with Crippen LogP contribution in [0.5, 0.6) is 0 Å². The minimum Gasteiger partial charge on any atom is -0.348 e. The topological polar surface area (TPSA) is 36.1 Å². The van der Waals surface area contributed by atoms with Crippen molar-refractivity contribution in [3.05, 3.63) is 35.8 Å². The van der Waals surface area contributed by atoms with E-state index in [0.717, 1.165) is 24.9 Å². The molecule has 1 atom stereocenters. The first-order valence-electron chi connectivity index (χ1n) is 6.71. The lowest BCUT2D eigenvalue weighted by Crippen LogP contribution is -2.39. The van der Waals surface area contributed by atoms with Gasteiger partial charge in [-0.3, -0.25) is 4.79 Å². The average Bonchev–Trinajstić information content (AvgIpc) is 2.83. The number of carbonyl (C=O) groups excluding carboxylic acids is 1. The van der Waals surface area contributed by atoms with Crippen LogP contribution in [0.1, 0.15) is 30.3 Å². The van der Waals surface area contributed by atoms with Gasteiger partial charge < -0.3 is 9.88 Å². The molecule has 1 fully saturated rings. The number of fused-ring (bicyclic) bond motifs is 1. The van der Waals surface area contributed by atoms with Crippen molar-refractivity contribution in [2.24, 2.45) is 5.92 Å². The molecule has 1 amide bonds. The van der Waals surface area contributed by atoms with Crippen LogP contribution in [-0.2, 0) is 0 Å². The van der Waals surface area contributed by atoms with Crippen molar-refractivity contribution in [2.45, 2.75) is 19.8 Å². The zero-order chi connectivity index (χ0) is 13.4. The number of rotatable bonds is 1. The second kappa shape index (κ2) is 4.68. The lowest BCUT2D eigenvalue weighted by molar-refractivity contribution is 0.0678. The summed E-state index contributed by atoms with van der Waals surface area (Å²) in [7, 11) is 0. The monoisotopic (exact) mass is 260 g/mol. The number of aromatic nitrogens is 1. The normalized spacial score (nSPS) is 19.9. The van der Waals surface area contributed by atoms with E-state index in [1.807, 2.05) is 11.0 Å².